The highest BCUT2D eigenvalue weighted by Gasteiger charge is 2.38. The van der Waals surface area contributed by atoms with Gasteiger partial charge in [0.15, 0.2) is 0 Å². The third-order valence-electron chi connectivity index (χ3n) is 4.59. The Morgan fingerprint density at radius 1 is 1.21 bits per heavy atom. The van der Waals surface area contributed by atoms with Crippen LogP contribution in [0, 0.1) is 0 Å². The summed E-state index contributed by atoms with van der Waals surface area (Å²) in [5.74, 6) is 0. The highest BCUT2D eigenvalue weighted by molar-refractivity contribution is 4.95. The van der Waals surface area contributed by atoms with E-state index < -0.39 is 0 Å². The Morgan fingerprint density at radius 2 is 1.95 bits per heavy atom. The average Bonchev–Trinajstić information content (AvgIpc) is 2.46. The third kappa shape index (κ3) is 3.89. The minimum absolute atomic E-state index is 0.117. The maximum absolute atomic E-state index is 6.06. The van der Waals surface area contributed by atoms with E-state index in [0.29, 0.717) is 0 Å². The topological polar surface area (TPSA) is 45.0 Å². The van der Waals surface area contributed by atoms with Crippen LogP contribution in [0.5, 0.6) is 0 Å². The molecule has 0 aromatic rings. The fourth-order valence-electron chi connectivity index (χ4n) is 3.16. The first-order valence-electron chi connectivity index (χ1n) is 7.56. The second-order valence-corrected chi connectivity index (χ2v) is 6.22. The quantitative estimate of drug-likeness (QED) is 0.741. The van der Waals surface area contributed by atoms with Crippen LogP contribution in [0.3, 0.4) is 0 Å². The molecule has 2 N–H and O–H groups in total. The van der Waals surface area contributed by atoms with Gasteiger partial charge in [-0.1, -0.05) is 0 Å². The smallest absolute Gasteiger partial charge is 0.0662 e. The molecular weight excluding hydrogens is 240 g/mol. The van der Waals surface area contributed by atoms with Crippen molar-refractivity contribution in [2.75, 3.05) is 73.1 Å². The molecule has 0 aliphatic carbocycles. The van der Waals surface area contributed by atoms with Crippen molar-refractivity contribution in [1.82, 2.24) is 14.7 Å². The lowest BCUT2D eigenvalue weighted by Crippen LogP contribution is -2.63. The highest BCUT2D eigenvalue weighted by Crippen LogP contribution is 2.26. The molecule has 0 amide bonds. The number of nitrogens with zero attached hydrogens (tertiary/aromatic N) is 3. The van der Waals surface area contributed by atoms with E-state index in [-0.39, 0.29) is 5.54 Å². The van der Waals surface area contributed by atoms with Crippen LogP contribution in [0.4, 0.5) is 0 Å². The molecule has 1 unspecified atom stereocenters. The van der Waals surface area contributed by atoms with Crippen molar-refractivity contribution < 1.29 is 4.74 Å². The molecule has 5 heteroatoms. The van der Waals surface area contributed by atoms with E-state index in [0.717, 1.165) is 58.9 Å². The van der Waals surface area contributed by atoms with Gasteiger partial charge in [-0.2, -0.15) is 0 Å². The molecule has 0 bridgehead atoms. The van der Waals surface area contributed by atoms with Crippen molar-refractivity contribution in [3.8, 4) is 0 Å². The van der Waals surface area contributed by atoms with Crippen molar-refractivity contribution in [3.63, 3.8) is 0 Å². The largest absolute Gasteiger partial charge is 0.379 e. The van der Waals surface area contributed by atoms with Gasteiger partial charge in [-0.25, -0.2) is 0 Å². The summed E-state index contributed by atoms with van der Waals surface area (Å²) in [5.41, 5.74) is 6.18. The number of nitrogens with two attached hydrogens (primary N) is 1. The zero-order valence-corrected chi connectivity index (χ0v) is 12.6. The molecule has 5 nitrogen and oxygen atoms in total. The van der Waals surface area contributed by atoms with E-state index in [1.165, 1.54) is 13.0 Å². The zero-order chi connectivity index (χ0) is 13.7. The summed E-state index contributed by atoms with van der Waals surface area (Å²) in [6.45, 7) is 9.36. The number of hydrogen-bond acceptors (Lipinski definition) is 5. The summed E-state index contributed by atoms with van der Waals surface area (Å²) in [5, 5.41) is 0. The Morgan fingerprint density at radius 3 is 2.47 bits per heavy atom. The van der Waals surface area contributed by atoms with Crippen molar-refractivity contribution in [1.29, 1.82) is 0 Å². The molecule has 2 rings (SSSR count). The predicted molar refractivity (Wildman–Crippen MR) is 78.4 cm³/mol. The number of ether oxygens (including phenoxy) is 1. The molecule has 2 aliphatic heterocycles. The highest BCUT2D eigenvalue weighted by atomic mass is 16.5. The van der Waals surface area contributed by atoms with E-state index in [9.17, 15) is 0 Å². The Labute approximate surface area is 117 Å². The molecule has 2 fully saturated rings. The normalized spacial score (nSPS) is 30.9. The zero-order valence-electron chi connectivity index (χ0n) is 12.6. The van der Waals surface area contributed by atoms with Gasteiger partial charge in [-0.3, -0.25) is 9.80 Å². The summed E-state index contributed by atoms with van der Waals surface area (Å²) in [6, 6.07) is 0. The van der Waals surface area contributed by atoms with Crippen LogP contribution in [-0.4, -0.2) is 93.4 Å². The van der Waals surface area contributed by atoms with Gasteiger partial charge in [0.05, 0.1) is 12.1 Å². The van der Waals surface area contributed by atoms with E-state index >= 15 is 0 Å². The molecule has 0 aromatic carbocycles. The average molecular weight is 270 g/mol. The standard InChI is InChI=1S/C14H30N4O/c1-16(2)5-6-17-7-9-18(10-8-17)14(12-15)4-3-11-19-13-14/h3-13,15H2,1-2H3. The van der Waals surface area contributed by atoms with Gasteiger partial charge in [0.25, 0.3) is 0 Å². The van der Waals surface area contributed by atoms with Gasteiger partial charge in [-0.05, 0) is 26.9 Å². The predicted octanol–water partition coefficient (Wildman–Crippen LogP) is -0.326. The van der Waals surface area contributed by atoms with Gasteiger partial charge < -0.3 is 15.4 Å². The van der Waals surface area contributed by atoms with E-state index in [1.807, 2.05) is 0 Å². The van der Waals surface area contributed by atoms with E-state index in [1.54, 1.807) is 0 Å². The molecule has 2 heterocycles. The molecule has 0 saturated carbocycles. The van der Waals surface area contributed by atoms with Crippen LogP contribution < -0.4 is 5.73 Å². The lowest BCUT2D eigenvalue weighted by molar-refractivity contribution is -0.0612. The Balaban J connectivity index is 1.81. The van der Waals surface area contributed by atoms with Crippen LogP contribution in [0.2, 0.25) is 0 Å². The first-order chi connectivity index (χ1) is 9.16. The van der Waals surface area contributed by atoms with Gasteiger partial charge in [0.2, 0.25) is 0 Å². The molecule has 112 valence electrons. The third-order valence-corrected chi connectivity index (χ3v) is 4.59. The maximum Gasteiger partial charge on any atom is 0.0662 e. The first-order valence-corrected chi connectivity index (χ1v) is 7.56. The maximum atomic E-state index is 6.06. The minimum Gasteiger partial charge on any atom is -0.379 e. The number of piperazine rings is 1. The summed E-state index contributed by atoms with van der Waals surface area (Å²) in [7, 11) is 4.28. The van der Waals surface area contributed by atoms with Crippen molar-refractivity contribution in [2.45, 2.75) is 18.4 Å². The van der Waals surface area contributed by atoms with Crippen LogP contribution in [0.25, 0.3) is 0 Å². The SMILES string of the molecule is CN(C)CCN1CCN(C2(CN)CCCOC2)CC1. The molecule has 0 radical (unpaired) electrons. The van der Waals surface area contributed by atoms with Crippen LogP contribution in [-0.2, 0) is 4.74 Å². The molecular formula is C14H30N4O. The second kappa shape index (κ2) is 6.99. The van der Waals surface area contributed by atoms with Gasteiger partial charge >= 0.3 is 0 Å². The van der Waals surface area contributed by atoms with Crippen LogP contribution in [0.15, 0.2) is 0 Å². The lowest BCUT2D eigenvalue weighted by atomic mass is 9.89. The minimum atomic E-state index is 0.117. The van der Waals surface area contributed by atoms with Crippen LogP contribution in [0.1, 0.15) is 12.8 Å². The van der Waals surface area contributed by atoms with Gasteiger partial charge in [0, 0.05) is 52.4 Å². The molecule has 0 aromatic heterocycles. The second-order valence-electron chi connectivity index (χ2n) is 6.22. The van der Waals surface area contributed by atoms with Crippen LogP contribution >= 0.6 is 0 Å². The van der Waals surface area contributed by atoms with Gasteiger partial charge in [-0.15, -0.1) is 0 Å². The molecule has 19 heavy (non-hydrogen) atoms. The Bertz CT molecular complexity index is 258. The number of likely N-dealkylation sites (N-methyl/N-ethyl adjacent to an activating group) is 1. The number of hydrogen-bond donors (Lipinski definition) is 1. The molecule has 1 atom stereocenters. The summed E-state index contributed by atoms with van der Waals surface area (Å²) >= 11 is 0. The molecule has 2 aliphatic rings. The fraction of sp³-hybridized carbons (Fsp3) is 1.00. The summed E-state index contributed by atoms with van der Waals surface area (Å²) in [4.78, 5) is 7.39. The summed E-state index contributed by atoms with van der Waals surface area (Å²) < 4.78 is 5.69. The number of rotatable bonds is 5. The van der Waals surface area contributed by atoms with E-state index in [4.69, 9.17) is 10.5 Å². The van der Waals surface area contributed by atoms with Crippen molar-refractivity contribution in [3.05, 3.63) is 0 Å². The van der Waals surface area contributed by atoms with Crippen molar-refractivity contribution >= 4 is 0 Å². The monoisotopic (exact) mass is 270 g/mol. The summed E-state index contributed by atoms with van der Waals surface area (Å²) in [6.07, 6.45) is 2.35. The van der Waals surface area contributed by atoms with Gasteiger partial charge in [0.1, 0.15) is 0 Å². The molecule has 2 saturated heterocycles. The lowest BCUT2D eigenvalue weighted by Gasteiger charge is -2.49. The van der Waals surface area contributed by atoms with E-state index in [2.05, 4.69) is 28.8 Å². The molecule has 0 spiro atoms. The Kier molecular flexibility index (Phi) is 5.59. The Hall–Kier alpha value is -0.200. The first kappa shape index (κ1) is 15.2. The fourth-order valence-corrected chi connectivity index (χ4v) is 3.16. The van der Waals surface area contributed by atoms with Crippen molar-refractivity contribution in [2.24, 2.45) is 5.73 Å².